The first-order chi connectivity index (χ1) is 12.7. The zero-order valence-electron chi connectivity index (χ0n) is 15.5. The third-order valence-electron chi connectivity index (χ3n) is 4.66. The lowest BCUT2D eigenvalue weighted by molar-refractivity contribution is -0.146. The number of methoxy groups -OCH3 is 2. The molecule has 26 heavy (non-hydrogen) atoms. The highest BCUT2D eigenvalue weighted by molar-refractivity contribution is 5.72. The molecule has 0 fully saturated rings. The van der Waals surface area contributed by atoms with E-state index in [-0.39, 0.29) is 11.9 Å². The Kier molecular flexibility index (Phi) is 5.75. The van der Waals surface area contributed by atoms with Gasteiger partial charge in [0.25, 0.3) is 0 Å². The molecule has 0 spiro atoms. The predicted molar refractivity (Wildman–Crippen MR) is 96.2 cm³/mol. The highest BCUT2D eigenvalue weighted by Crippen LogP contribution is 2.33. The molecular weight excluding hydrogens is 334 g/mol. The summed E-state index contributed by atoms with van der Waals surface area (Å²) in [6.07, 6.45) is 3.52. The van der Waals surface area contributed by atoms with Crippen molar-refractivity contribution in [3.05, 3.63) is 24.0 Å². The molecule has 0 aliphatic carbocycles. The van der Waals surface area contributed by atoms with E-state index in [1.807, 2.05) is 22.8 Å². The maximum Gasteiger partial charge on any atom is 0.310 e. The molecule has 0 radical (unpaired) electrons. The average Bonchev–Trinajstić information content (AvgIpc) is 3.11. The van der Waals surface area contributed by atoms with Gasteiger partial charge in [-0.15, -0.1) is 10.2 Å². The Labute approximate surface area is 153 Å². The van der Waals surface area contributed by atoms with E-state index in [0.717, 1.165) is 42.2 Å². The molecule has 0 saturated heterocycles. The number of hydrogen-bond acceptors (Lipinski definition) is 6. The topological polar surface area (TPSA) is 75.5 Å². The number of aryl methyl sites for hydroxylation is 1. The van der Waals surface area contributed by atoms with Gasteiger partial charge in [-0.1, -0.05) is 13.3 Å². The first kappa shape index (κ1) is 18.2. The van der Waals surface area contributed by atoms with Gasteiger partial charge in [-0.05, 0) is 31.0 Å². The van der Waals surface area contributed by atoms with Gasteiger partial charge < -0.3 is 18.8 Å². The Hall–Kier alpha value is -2.57. The molecule has 7 nitrogen and oxygen atoms in total. The highest BCUT2D eigenvalue weighted by Gasteiger charge is 2.28. The van der Waals surface area contributed by atoms with Crippen LogP contribution in [-0.4, -0.2) is 41.6 Å². The van der Waals surface area contributed by atoms with Crippen molar-refractivity contribution in [1.82, 2.24) is 14.8 Å². The number of nitrogens with zero attached hydrogens (tertiary/aromatic N) is 3. The number of ether oxygens (including phenoxy) is 3. The van der Waals surface area contributed by atoms with Crippen LogP contribution < -0.4 is 9.47 Å². The van der Waals surface area contributed by atoms with Crippen LogP contribution in [0.1, 0.15) is 32.0 Å². The van der Waals surface area contributed by atoms with E-state index in [1.165, 1.54) is 7.11 Å². The fraction of sp³-hybridized carbons (Fsp3) is 0.526. The normalized spacial score (nSPS) is 16.0. The Morgan fingerprint density at radius 1 is 1.27 bits per heavy atom. The number of fused-ring (bicyclic) bond motifs is 1. The van der Waals surface area contributed by atoms with Crippen LogP contribution in [0.25, 0.3) is 11.4 Å². The minimum atomic E-state index is -0.187. The SMILES string of the molecule is CCCCOc1ccc(-c2nnc3n2CC(C(=O)OC)CC3)cc1OC. The molecule has 1 aliphatic heterocycles. The third kappa shape index (κ3) is 3.66. The molecule has 1 atom stereocenters. The van der Waals surface area contributed by atoms with Crippen LogP contribution in [0.3, 0.4) is 0 Å². The Balaban J connectivity index is 1.86. The van der Waals surface area contributed by atoms with E-state index < -0.39 is 0 Å². The summed E-state index contributed by atoms with van der Waals surface area (Å²) in [7, 11) is 3.05. The van der Waals surface area contributed by atoms with E-state index in [0.29, 0.717) is 25.3 Å². The van der Waals surface area contributed by atoms with Crippen molar-refractivity contribution < 1.29 is 19.0 Å². The van der Waals surface area contributed by atoms with Gasteiger partial charge >= 0.3 is 5.97 Å². The molecule has 0 bridgehead atoms. The molecule has 3 rings (SSSR count). The number of carbonyl (C=O) groups excluding carboxylic acids is 1. The minimum absolute atomic E-state index is 0.166. The van der Waals surface area contributed by atoms with E-state index in [4.69, 9.17) is 14.2 Å². The number of benzene rings is 1. The van der Waals surface area contributed by atoms with Crippen molar-refractivity contribution in [1.29, 1.82) is 0 Å². The molecule has 1 aliphatic rings. The Morgan fingerprint density at radius 3 is 2.85 bits per heavy atom. The van der Waals surface area contributed by atoms with Crippen molar-refractivity contribution in [3.8, 4) is 22.9 Å². The fourth-order valence-electron chi connectivity index (χ4n) is 3.15. The first-order valence-corrected chi connectivity index (χ1v) is 8.99. The molecule has 7 heteroatoms. The average molecular weight is 359 g/mol. The first-order valence-electron chi connectivity index (χ1n) is 8.99. The standard InChI is InChI=1S/C19H25N3O4/c1-4-5-10-26-15-8-6-13(11-16(15)24-2)18-21-20-17-9-7-14(12-22(17)18)19(23)25-3/h6,8,11,14H,4-5,7,9-10,12H2,1-3H3. The van der Waals surface area contributed by atoms with E-state index in [9.17, 15) is 4.79 Å². The second-order valence-corrected chi connectivity index (χ2v) is 6.38. The lowest BCUT2D eigenvalue weighted by atomic mass is 9.99. The van der Waals surface area contributed by atoms with Crippen LogP contribution in [0.15, 0.2) is 18.2 Å². The summed E-state index contributed by atoms with van der Waals surface area (Å²) in [5.41, 5.74) is 0.883. The summed E-state index contributed by atoms with van der Waals surface area (Å²) < 4.78 is 18.2. The second-order valence-electron chi connectivity index (χ2n) is 6.38. The molecular formula is C19H25N3O4. The number of esters is 1. The van der Waals surface area contributed by atoms with Crippen LogP contribution in [-0.2, 0) is 22.5 Å². The summed E-state index contributed by atoms with van der Waals surface area (Å²) in [6, 6.07) is 5.75. The molecule has 1 aromatic heterocycles. The molecule has 1 unspecified atom stereocenters. The molecule has 0 amide bonds. The number of carbonyl (C=O) groups is 1. The monoisotopic (exact) mass is 359 g/mol. The van der Waals surface area contributed by atoms with Gasteiger partial charge in [-0.2, -0.15) is 0 Å². The molecule has 1 aromatic carbocycles. The molecule has 140 valence electrons. The van der Waals surface area contributed by atoms with Crippen molar-refractivity contribution in [2.45, 2.75) is 39.2 Å². The van der Waals surface area contributed by atoms with Gasteiger partial charge in [0.2, 0.25) is 0 Å². The smallest absolute Gasteiger partial charge is 0.310 e. The minimum Gasteiger partial charge on any atom is -0.493 e. The van der Waals surface area contributed by atoms with Crippen molar-refractivity contribution in [2.24, 2.45) is 5.92 Å². The molecule has 2 heterocycles. The van der Waals surface area contributed by atoms with E-state index in [2.05, 4.69) is 17.1 Å². The lowest BCUT2D eigenvalue weighted by Gasteiger charge is -2.22. The van der Waals surface area contributed by atoms with E-state index in [1.54, 1.807) is 7.11 Å². The maximum absolute atomic E-state index is 11.9. The van der Waals surface area contributed by atoms with Crippen LogP contribution in [0, 0.1) is 5.92 Å². The molecule has 0 N–H and O–H groups in total. The summed E-state index contributed by atoms with van der Waals surface area (Å²) >= 11 is 0. The van der Waals surface area contributed by atoms with Crippen molar-refractivity contribution in [2.75, 3.05) is 20.8 Å². The largest absolute Gasteiger partial charge is 0.493 e. The van der Waals surface area contributed by atoms with Gasteiger partial charge in [0.15, 0.2) is 17.3 Å². The lowest BCUT2D eigenvalue weighted by Crippen LogP contribution is -2.28. The quantitative estimate of drug-likeness (QED) is 0.559. The van der Waals surface area contributed by atoms with Crippen LogP contribution in [0.4, 0.5) is 0 Å². The van der Waals surface area contributed by atoms with Gasteiger partial charge in [0.05, 0.1) is 26.7 Å². The molecule has 2 aromatic rings. The van der Waals surface area contributed by atoms with Gasteiger partial charge in [0, 0.05) is 18.5 Å². The fourth-order valence-corrected chi connectivity index (χ4v) is 3.15. The predicted octanol–water partition coefficient (Wildman–Crippen LogP) is 2.87. The number of unbranched alkanes of at least 4 members (excludes halogenated alkanes) is 1. The van der Waals surface area contributed by atoms with Gasteiger partial charge in [0.1, 0.15) is 5.82 Å². The summed E-state index contributed by atoms with van der Waals surface area (Å²) in [4.78, 5) is 11.9. The second kappa shape index (κ2) is 8.21. The third-order valence-corrected chi connectivity index (χ3v) is 4.66. The zero-order chi connectivity index (χ0) is 18.5. The zero-order valence-corrected chi connectivity index (χ0v) is 15.5. The van der Waals surface area contributed by atoms with Gasteiger partial charge in [-0.3, -0.25) is 4.79 Å². The number of rotatable bonds is 7. The summed E-state index contributed by atoms with van der Waals surface area (Å²) in [6.45, 7) is 3.31. The van der Waals surface area contributed by atoms with E-state index >= 15 is 0 Å². The summed E-state index contributed by atoms with van der Waals surface area (Å²) in [5, 5.41) is 8.61. The van der Waals surface area contributed by atoms with Crippen molar-refractivity contribution >= 4 is 5.97 Å². The van der Waals surface area contributed by atoms with Gasteiger partial charge in [-0.25, -0.2) is 0 Å². The van der Waals surface area contributed by atoms with Crippen molar-refractivity contribution in [3.63, 3.8) is 0 Å². The highest BCUT2D eigenvalue weighted by atomic mass is 16.5. The summed E-state index contributed by atoms with van der Waals surface area (Å²) in [5.74, 6) is 2.65. The Bertz CT molecular complexity index is 772. The Morgan fingerprint density at radius 2 is 2.12 bits per heavy atom. The molecule has 0 saturated carbocycles. The maximum atomic E-state index is 11.9. The van der Waals surface area contributed by atoms with Crippen LogP contribution in [0.5, 0.6) is 11.5 Å². The number of hydrogen-bond donors (Lipinski definition) is 0. The van der Waals surface area contributed by atoms with Crippen LogP contribution in [0.2, 0.25) is 0 Å². The van der Waals surface area contributed by atoms with Crippen LogP contribution >= 0.6 is 0 Å². The number of aromatic nitrogens is 3.